The van der Waals surface area contributed by atoms with Crippen LogP contribution in [0.2, 0.25) is 0 Å². The highest BCUT2D eigenvalue weighted by molar-refractivity contribution is 5.96. The molecular formula is C22H28N4O3. The van der Waals surface area contributed by atoms with Crippen LogP contribution in [0.3, 0.4) is 0 Å². The second-order valence-electron chi connectivity index (χ2n) is 7.55. The lowest BCUT2D eigenvalue weighted by Gasteiger charge is -2.27. The van der Waals surface area contributed by atoms with Gasteiger partial charge in [-0.2, -0.15) is 0 Å². The van der Waals surface area contributed by atoms with Crippen molar-refractivity contribution >= 4 is 11.6 Å². The fourth-order valence-electron chi connectivity index (χ4n) is 4.07. The summed E-state index contributed by atoms with van der Waals surface area (Å²) >= 11 is 0. The average Bonchev–Trinajstić information content (AvgIpc) is 3.19. The molecular weight excluding hydrogens is 368 g/mol. The lowest BCUT2D eigenvalue weighted by Crippen LogP contribution is -2.47. The minimum atomic E-state index is -0.259. The van der Waals surface area contributed by atoms with Gasteiger partial charge >= 0.3 is 0 Å². The van der Waals surface area contributed by atoms with Crippen LogP contribution in [0.25, 0.3) is 0 Å². The molecule has 0 saturated carbocycles. The molecule has 0 spiro atoms. The Morgan fingerprint density at radius 2 is 1.97 bits per heavy atom. The van der Waals surface area contributed by atoms with Crippen LogP contribution in [0, 0.1) is 12.8 Å². The number of hydrogen-bond donors (Lipinski definition) is 4. The van der Waals surface area contributed by atoms with Crippen LogP contribution in [0.4, 0.5) is 5.69 Å². The van der Waals surface area contributed by atoms with Crippen LogP contribution < -0.4 is 31.0 Å². The maximum absolute atomic E-state index is 12.9. The molecule has 0 bridgehead atoms. The molecule has 4 N–H and O–H groups in total. The molecule has 154 valence electrons. The van der Waals surface area contributed by atoms with Crippen molar-refractivity contribution in [2.45, 2.75) is 32.0 Å². The summed E-state index contributed by atoms with van der Waals surface area (Å²) in [6.45, 7) is 4.17. The SMILES string of the molecule is COc1ccccc1COc1cccc(NC(=O)C2NNC3CCNCC32)c1C. The molecule has 4 rings (SSSR count). The number of anilines is 1. The second-order valence-corrected chi connectivity index (χ2v) is 7.55. The second kappa shape index (κ2) is 8.82. The van der Waals surface area contributed by atoms with E-state index in [1.54, 1.807) is 7.11 Å². The molecule has 2 saturated heterocycles. The van der Waals surface area contributed by atoms with Gasteiger partial charge in [0.15, 0.2) is 0 Å². The van der Waals surface area contributed by atoms with Gasteiger partial charge in [-0.3, -0.25) is 10.2 Å². The van der Waals surface area contributed by atoms with Crippen molar-refractivity contribution in [1.29, 1.82) is 0 Å². The summed E-state index contributed by atoms with van der Waals surface area (Å²) in [5.74, 6) is 1.75. The summed E-state index contributed by atoms with van der Waals surface area (Å²) in [6, 6.07) is 13.6. The topological polar surface area (TPSA) is 83.7 Å². The van der Waals surface area contributed by atoms with Crippen LogP contribution in [0.1, 0.15) is 17.5 Å². The third kappa shape index (κ3) is 4.22. The first-order valence-electron chi connectivity index (χ1n) is 10.0. The van der Waals surface area contributed by atoms with E-state index in [0.29, 0.717) is 12.6 Å². The Hall–Kier alpha value is -2.61. The van der Waals surface area contributed by atoms with E-state index in [1.807, 2.05) is 49.4 Å². The molecule has 0 aliphatic carbocycles. The smallest absolute Gasteiger partial charge is 0.243 e. The predicted octanol–water partition coefficient (Wildman–Crippen LogP) is 1.98. The minimum absolute atomic E-state index is 0.0290. The molecule has 1 amide bonds. The van der Waals surface area contributed by atoms with Gasteiger partial charge in [0.2, 0.25) is 5.91 Å². The Bertz CT molecular complexity index is 873. The number of amides is 1. The van der Waals surface area contributed by atoms with E-state index in [0.717, 1.165) is 47.8 Å². The van der Waals surface area contributed by atoms with Crippen molar-refractivity contribution in [2.24, 2.45) is 5.92 Å². The fourth-order valence-corrected chi connectivity index (χ4v) is 4.07. The number of nitrogens with one attached hydrogen (secondary N) is 4. The van der Waals surface area contributed by atoms with E-state index in [-0.39, 0.29) is 17.9 Å². The summed E-state index contributed by atoms with van der Waals surface area (Å²) < 4.78 is 11.4. The third-order valence-electron chi connectivity index (χ3n) is 5.78. The number of carbonyl (C=O) groups excluding carboxylic acids is 1. The van der Waals surface area contributed by atoms with Crippen LogP contribution in [-0.2, 0) is 11.4 Å². The number of carbonyl (C=O) groups is 1. The van der Waals surface area contributed by atoms with Gasteiger partial charge in [0, 0.05) is 35.3 Å². The zero-order valence-corrected chi connectivity index (χ0v) is 16.8. The Morgan fingerprint density at radius 3 is 2.83 bits per heavy atom. The molecule has 2 aliphatic rings. The van der Waals surface area contributed by atoms with Gasteiger partial charge in [-0.15, -0.1) is 0 Å². The third-order valence-corrected chi connectivity index (χ3v) is 5.78. The molecule has 3 unspecified atom stereocenters. The van der Waals surface area contributed by atoms with Gasteiger partial charge in [0.05, 0.1) is 7.11 Å². The van der Waals surface area contributed by atoms with Crippen LogP contribution >= 0.6 is 0 Å². The van der Waals surface area contributed by atoms with Crippen LogP contribution in [0.15, 0.2) is 42.5 Å². The quantitative estimate of drug-likeness (QED) is 0.598. The summed E-state index contributed by atoms with van der Waals surface area (Å²) in [5, 5.41) is 6.45. The van der Waals surface area contributed by atoms with Crippen LogP contribution in [-0.4, -0.2) is 38.2 Å². The lowest BCUT2D eigenvalue weighted by atomic mass is 9.89. The molecule has 0 radical (unpaired) electrons. The number of ether oxygens (including phenoxy) is 2. The van der Waals surface area contributed by atoms with E-state index in [9.17, 15) is 4.79 Å². The number of fused-ring (bicyclic) bond motifs is 1. The van der Waals surface area contributed by atoms with Gasteiger partial charge in [0.25, 0.3) is 0 Å². The van der Waals surface area contributed by atoms with E-state index in [1.165, 1.54) is 0 Å². The van der Waals surface area contributed by atoms with E-state index in [2.05, 4.69) is 21.5 Å². The number of benzene rings is 2. The zero-order chi connectivity index (χ0) is 20.2. The van der Waals surface area contributed by atoms with E-state index in [4.69, 9.17) is 9.47 Å². The maximum atomic E-state index is 12.9. The monoisotopic (exact) mass is 396 g/mol. The number of para-hydroxylation sites is 1. The first kappa shape index (κ1) is 19.7. The van der Waals surface area contributed by atoms with E-state index >= 15 is 0 Å². The molecule has 3 atom stereocenters. The molecule has 29 heavy (non-hydrogen) atoms. The maximum Gasteiger partial charge on any atom is 0.243 e. The largest absolute Gasteiger partial charge is 0.496 e. The Balaban J connectivity index is 1.43. The number of methoxy groups -OCH3 is 1. The summed E-state index contributed by atoms with van der Waals surface area (Å²) in [4.78, 5) is 12.9. The number of rotatable bonds is 6. The minimum Gasteiger partial charge on any atom is -0.496 e. The Morgan fingerprint density at radius 1 is 1.14 bits per heavy atom. The Kier molecular flexibility index (Phi) is 5.99. The number of hydrazine groups is 1. The van der Waals surface area contributed by atoms with Crippen molar-refractivity contribution in [1.82, 2.24) is 16.2 Å². The molecule has 7 heteroatoms. The van der Waals surface area contributed by atoms with Gasteiger partial charge in [-0.05, 0) is 38.1 Å². The van der Waals surface area contributed by atoms with Crippen molar-refractivity contribution in [3.8, 4) is 11.5 Å². The van der Waals surface area contributed by atoms with Crippen molar-refractivity contribution < 1.29 is 14.3 Å². The van der Waals surface area contributed by atoms with E-state index < -0.39 is 0 Å². The van der Waals surface area contributed by atoms with Gasteiger partial charge < -0.3 is 20.1 Å². The highest BCUT2D eigenvalue weighted by Gasteiger charge is 2.41. The normalized spacial score (nSPS) is 23.3. The first-order chi connectivity index (χ1) is 14.2. The van der Waals surface area contributed by atoms with Gasteiger partial charge in [0.1, 0.15) is 24.1 Å². The molecule has 2 aromatic rings. The summed E-state index contributed by atoms with van der Waals surface area (Å²) in [6.07, 6.45) is 1.02. The molecule has 2 fully saturated rings. The van der Waals surface area contributed by atoms with Crippen LogP contribution in [0.5, 0.6) is 11.5 Å². The summed E-state index contributed by atoms with van der Waals surface area (Å²) in [5.41, 5.74) is 9.07. The molecule has 2 aliphatic heterocycles. The lowest BCUT2D eigenvalue weighted by molar-refractivity contribution is -0.118. The van der Waals surface area contributed by atoms with Gasteiger partial charge in [-0.1, -0.05) is 24.3 Å². The highest BCUT2D eigenvalue weighted by Crippen LogP contribution is 2.28. The molecule has 0 aromatic heterocycles. The van der Waals surface area contributed by atoms with Crippen molar-refractivity contribution in [3.63, 3.8) is 0 Å². The first-order valence-corrected chi connectivity index (χ1v) is 10.0. The Labute approximate surface area is 171 Å². The number of piperidine rings is 1. The van der Waals surface area contributed by atoms with Crippen molar-refractivity contribution in [3.05, 3.63) is 53.6 Å². The predicted molar refractivity (Wildman–Crippen MR) is 112 cm³/mol. The standard InChI is InChI=1S/C22H28N4O3/c1-14-17(24-22(27)21-16-12-23-11-10-18(16)25-26-21)7-5-9-19(14)29-13-15-6-3-4-8-20(15)28-2/h3-9,16,18,21,23,25-26H,10-13H2,1-2H3,(H,24,27). The number of hydrogen-bond acceptors (Lipinski definition) is 6. The molecule has 2 aromatic carbocycles. The molecule has 2 heterocycles. The average molecular weight is 396 g/mol. The van der Waals surface area contributed by atoms with Crippen molar-refractivity contribution in [2.75, 3.05) is 25.5 Å². The molecule has 7 nitrogen and oxygen atoms in total. The summed E-state index contributed by atoms with van der Waals surface area (Å²) in [7, 11) is 1.65. The van der Waals surface area contributed by atoms with Gasteiger partial charge in [-0.25, -0.2) is 5.43 Å². The highest BCUT2D eigenvalue weighted by atomic mass is 16.5. The fraction of sp³-hybridized carbons (Fsp3) is 0.409. The zero-order valence-electron chi connectivity index (χ0n) is 16.8.